The summed E-state index contributed by atoms with van der Waals surface area (Å²) in [5, 5.41) is 4.47. The summed E-state index contributed by atoms with van der Waals surface area (Å²) in [5.74, 6) is 0. The molecule has 0 atom stereocenters. The molecule has 0 aliphatic heterocycles. The number of rotatable bonds is 3. The normalized spacial score (nSPS) is 11.7. The molecule has 6 nitrogen and oxygen atoms in total. The van der Waals surface area contributed by atoms with Gasteiger partial charge in [0, 0.05) is 6.20 Å². The lowest BCUT2D eigenvalue weighted by Gasteiger charge is -2.08. The van der Waals surface area contributed by atoms with Crippen molar-refractivity contribution < 1.29 is 8.42 Å². The molecule has 0 radical (unpaired) electrons. The van der Waals surface area contributed by atoms with Crippen LogP contribution in [0.2, 0.25) is 5.02 Å². The molecule has 2 aromatic rings. The summed E-state index contributed by atoms with van der Waals surface area (Å²) < 4.78 is 26.9. The molecule has 1 heterocycles. The zero-order valence-electron chi connectivity index (χ0n) is 9.46. The number of hydrogen-bond acceptors (Lipinski definition) is 4. The van der Waals surface area contributed by atoms with Gasteiger partial charge >= 0.3 is 0 Å². The van der Waals surface area contributed by atoms with Gasteiger partial charge in [-0.3, -0.25) is 0 Å². The van der Waals surface area contributed by atoms with Crippen LogP contribution in [0.5, 0.6) is 0 Å². The number of hydrogen-bond donors (Lipinski definition) is 2. The average molecular weight is 287 g/mol. The zero-order chi connectivity index (χ0) is 13.3. The highest BCUT2D eigenvalue weighted by molar-refractivity contribution is 7.89. The number of nitrogen functional groups attached to an aromatic ring is 1. The van der Waals surface area contributed by atoms with Gasteiger partial charge in [-0.05, 0) is 25.2 Å². The minimum Gasteiger partial charge on any atom is -0.397 e. The van der Waals surface area contributed by atoms with E-state index in [9.17, 15) is 8.42 Å². The van der Waals surface area contributed by atoms with Gasteiger partial charge in [-0.25, -0.2) is 17.8 Å². The molecule has 18 heavy (non-hydrogen) atoms. The molecule has 0 saturated carbocycles. The summed E-state index contributed by atoms with van der Waals surface area (Å²) in [6.45, 7) is 0. The molecule has 0 saturated heterocycles. The fraction of sp³-hybridized carbons (Fsp3) is 0.100. The highest BCUT2D eigenvalue weighted by atomic mass is 35.5. The van der Waals surface area contributed by atoms with Crippen molar-refractivity contribution in [3.63, 3.8) is 0 Å². The van der Waals surface area contributed by atoms with Gasteiger partial charge in [0.2, 0.25) is 10.0 Å². The first kappa shape index (κ1) is 12.9. The number of nitrogens with zero attached hydrogens (tertiary/aromatic N) is 2. The molecule has 0 bridgehead atoms. The SMILES string of the molecule is CNS(=O)(=O)c1ccc(-n2cc(Cl)cn2)c(N)c1. The lowest BCUT2D eigenvalue weighted by Crippen LogP contribution is -2.18. The van der Waals surface area contributed by atoms with Crippen LogP contribution in [0.4, 0.5) is 5.69 Å². The molecule has 2 rings (SSSR count). The number of benzene rings is 1. The molecular weight excluding hydrogens is 276 g/mol. The Kier molecular flexibility index (Phi) is 3.29. The Labute approximate surface area is 109 Å². The van der Waals surface area contributed by atoms with Crippen LogP contribution >= 0.6 is 11.6 Å². The van der Waals surface area contributed by atoms with E-state index in [1.165, 1.54) is 30.1 Å². The summed E-state index contributed by atoms with van der Waals surface area (Å²) >= 11 is 5.76. The van der Waals surface area contributed by atoms with Gasteiger partial charge in [0.15, 0.2) is 0 Å². The number of nitrogens with one attached hydrogen (secondary N) is 1. The Balaban J connectivity index is 2.49. The monoisotopic (exact) mass is 286 g/mol. The van der Waals surface area contributed by atoms with Gasteiger partial charge in [0.25, 0.3) is 0 Å². The molecule has 8 heteroatoms. The van der Waals surface area contributed by atoms with Crippen LogP contribution in [0.15, 0.2) is 35.5 Å². The highest BCUT2D eigenvalue weighted by Gasteiger charge is 2.13. The van der Waals surface area contributed by atoms with Gasteiger partial charge in [0.05, 0.1) is 27.5 Å². The van der Waals surface area contributed by atoms with Crippen LogP contribution in [0.25, 0.3) is 5.69 Å². The lowest BCUT2D eigenvalue weighted by molar-refractivity contribution is 0.588. The third-order valence-electron chi connectivity index (χ3n) is 2.38. The predicted molar refractivity (Wildman–Crippen MR) is 69.2 cm³/mol. The Hall–Kier alpha value is -1.57. The average Bonchev–Trinajstić information content (AvgIpc) is 2.75. The van der Waals surface area contributed by atoms with E-state index in [2.05, 4.69) is 9.82 Å². The maximum absolute atomic E-state index is 11.6. The molecule has 0 amide bonds. The summed E-state index contributed by atoms with van der Waals surface area (Å²) in [6.07, 6.45) is 3.05. The fourth-order valence-corrected chi connectivity index (χ4v) is 2.36. The maximum Gasteiger partial charge on any atom is 0.240 e. The Morgan fingerprint density at radius 3 is 2.67 bits per heavy atom. The van der Waals surface area contributed by atoms with Crippen molar-refractivity contribution >= 4 is 27.3 Å². The minimum absolute atomic E-state index is 0.101. The van der Waals surface area contributed by atoms with Crippen molar-refractivity contribution in [2.24, 2.45) is 0 Å². The van der Waals surface area contributed by atoms with Gasteiger partial charge in [-0.2, -0.15) is 5.10 Å². The largest absolute Gasteiger partial charge is 0.397 e. The Bertz CT molecular complexity index is 681. The quantitative estimate of drug-likeness (QED) is 0.824. The van der Waals surface area contributed by atoms with Crippen LogP contribution in [-0.2, 0) is 10.0 Å². The molecule has 96 valence electrons. The Morgan fingerprint density at radius 1 is 1.44 bits per heavy atom. The van der Waals surface area contributed by atoms with Crippen LogP contribution in [0.1, 0.15) is 0 Å². The highest BCUT2D eigenvalue weighted by Crippen LogP contribution is 2.22. The van der Waals surface area contributed by atoms with E-state index in [1.807, 2.05) is 0 Å². The van der Waals surface area contributed by atoms with Gasteiger partial charge < -0.3 is 5.73 Å². The summed E-state index contributed by atoms with van der Waals surface area (Å²) in [7, 11) is -2.16. The fourth-order valence-electron chi connectivity index (χ4n) is 1.46. The topological polar surface area (TPSA) is 90.0 Å². The molecule has 0 aliphatic carbocycles. The van der Waals surface area contributed by atoms with Crippen LogP contribution in [0.3, 0.4) is 0 Å². The van der Waals surface area contributed by atoms with E-state index in [1.54, 1.807) is 12.3 Å². The summed E-state index contributed by atoms with van der Waals surface area (Å²) in [4.78, 5) is 0.101. The molecule has 1 aromatic carbocycles. The van der Waals surface area contributed by atoms with E-state index in [4.69, 9.17) is 17.3 Å². The number of halogens is 1. The number of anilines is 1. The van der Waals surface area contributed by atoms with Crippen LogP contribution < -0.4 is 10.5 Å². The van der Waals surface area contributed by atoms with Gasteiger partial charge in [-0.15, -0.1) is 0 Å². The Morgan fingerprint density at radius 2 is 2.17 bits per heavy atom. The molecule has 1 aromatic heterocycles. The van der Waals surface area contributed by atoms with E-state index < -0.39 is 10.0 Å². The number of nitrogens with two attached hydrogens (primary N) is 1. The third kappa shape index (κ3) is 2.33. The van der Waals surface area contributed by atoms with Crippen LogP contribution in [0, 0.1) is 0 Å². The number of sulfonamides is 1. The molecule has 3 N–H and O–H groups in total. The van der Waals surface area contributed by atoms with E-state index in [0.29, 0.717) is 16.4 Å². The predicted octanol–water partition coefficient (Wildman–Crippen LogP) is 1.02. The lowest BCUT2D eigenvalue weighted by atomic mass is 10.3. The second-order valence-electron chi connectivity index (χ2n) is 3.53. The van der Waals surface area contributed by atoms with E-state index in [0.717, 1.165) is 0 Å². The van der Waals surface area contributed by atoms with Crippen molar-refractivity contribution in [1.29, 1.82) is 0 Å². The van der Waals surface area contributed by atoms with Crippen molar-refractivity contribution in [3.05, 3.63) is 35.6 Å². The minimum atomic E-state index is -3.50. The van der Waals surface area contributed by atoms with Gasteiger partial charge in [0.1, 0.15) is 0 Å². The first-order chi connectivity index (χ1) is 8.44. The third-order valence-corrected chi connectivity index (χ3v) is 3.98. The van der Waals surface area contributed by atoms with E-state index in [-0.39, 0.29) is 4.90 Å². The second-order valence-corrected chi connectivity index (χ2v) is 5.85. The smallest absolute Gasteiger partial charge is 0.240 e. The van der Waals surface area contributed by atoms with Crippen molar-refractivity contribution in [3.8, 4) is 5.69 Å². The molecule has 0 unspecified atom stereocenters. The number of aromatic nitrogens is 2. The van der Waals surface area contributed by atoms with Crippen molar-refractivity contribution in [2.45, 2.75) is 4.90 Å². The molecule has 0 fully saturated rings. The van der Waals surface area contributed by atoms with Crippen molar-refractivity contribution in [2.75, 3.05) is 12.8 Å². The van der Waals surface area contributed by atoms with Crippen molar-refractivity contribution in [1.82, 2.24) is 14.5 Å². The summed E-state index contributed by atoms with van der Waals surface area (Å²) in [6, 6.07) is 4.40. The zero-order valence-corrected chi connectivity index (χ0v) is 11.0. The first-order valence-corrected chi connectivity index (χ1v) is 6.84. The molecule has 0 aliphatic rings. The standard InChI is InChI=1S/C10H11ClN4O2S/c1-13-18(16,17)8-2-3-10(9(12)4-8)15-6-7(11)5-14-15/h2-6,13H,12H2,1H3. The summed E-state index contributed by atoms with van der Waals surface area (Å²) in [5.41, 5.74) is 6.68. The molecule has 0 spiro atoms. The maximum atomic E-state index is 11.6. The van der Waals surface area contributed by atoms with Gasteiger partial charge in [-0.1, -0.05) is 11.6 Å². The first-order valence-electron chi connectivity index (χ1n) is 4.97. The molecular formula is C10H11ClN4O2S. The van der Waals surface area contributed by atoms with Crippen LogP contribution in [-0.4, -0.2) is 25.2 Å². The van der Waals surface area contributed by atoms with E-state index >= 15 is 0 Å². The second kappa shape index (κ2) is 4.60.